The van der Waals surface area contributed by atoms with Gasteiger partial charge in [-0.3, -0.25) is 10.0 Å². The van der Waals surface area contributed by atoms with Crippen LogP contribution in [0.4, 0.5) is 0 Å². The van der Waals surface area contributed by atoms with Gasteiger partial charge in [0, 0.05) is 12.5 Å². The Morgan fingerprint density at radius 3 is 2.76 bits per heavy atom. The molecule has 5 nitrogen and oxygen atoms in total. The predicted octanol–water partition coefficient (Wildman–Crippen LogP) is 2.55. The molecule has 5 heteroatoms. The fraction of sp³-hybridized carbons (Fsp3) is 0.125. The van der Waals surface area contributed by atoms with Gasteiger partial charge in [0.15, 0.2) is 0 Å². The third-order valence-corrected chi connectivity index (χ3v) is 2.88. The highest BCUT2D eigenvalue weighted by Crippen LogP contribution is 2.10. The minimum Gasteiger partial charge on any atom is -0.342 e. The average molecular weight is 283 g/mol. The first-order chi connectivity index (χ1) is 10.2. The van der Waals surface area contributed by atoms with Gasteiger partial charge < -0.3 is 4.98 Å². The van der Waals surface area contributed by atoms with E-state index in [4.69, 9.17) is 5.21 Å². The van der Waals surface area contributed by atoms with Gasteiger partial charge in [0.2, 0.25) is 0 Å². The second kappa shape index (κ2) is 7.21. The molecule has 21 heavy (non-hydrogen) atoms. The third-order valence-electron chi connectivity index (χ3n) is 2.88. The van der Waals surface area contributed by atoms with Crippen LogP contribution >= 0.6 is 0 Å². The van der Waals surface area contributed by atoms with Crippen LogP contribution in [-0.2, 0) is 11.2 Å². The standard InChI is InChI=1S/C16H17N3O2/c1-2-3-14-11-17-15(18-14)10-13-6-4-12(5-7-13)8-9-16(20)19-21/h2-9,11,21H,10H2,1H3,(H,17,18)(H,19,20)/b3-2+,9-8+. The minimum absolute atomic E-state index is 0.550. The SMILES string of the molecule is C/C=C/c1cnc(Cc2ccc(/C=C/C(=O)NO)cc2)[nH]1. The van der Waals surface area contributed by atoms with Crippen LogP contribution in [-0.4, -0.2) is 21.1 Å². The van der Waals surface area contributed by atoms with E-state index in [-0.39, 0.29) is 0 Å². The second-order valence-electron chi connectivity index (χ2n) is 4.51. The number of nitrogens with one attached hydrogen (secondary N) is 2. The molecule has 0 unspecified atom stereocenters. The Morgan fingerprint density at radius 1 is 1.33 bits per heavy atom. The summed E-state index contributed by atoms with van der Waals surface area (Å²) in [4.78, 5) is 18.4. The van der Waals surface area contributed by atoms with Crippen LogP contribution in [0, 0.1) is 0 Å². The summed E-state index contributed by atoms with van der Waals surface area (Å²) in [6.07, 6.45) is 9.35. The van der Waals surface area contributed by atoms with Crippen LogP contribution in [0.5, 0.6) is 0 Å². The Labute approximate surface area is 123 Å². The van der Waals surface area contributed by atoms with Gasteiger partial charge in [0.05, 0.1) is 11.9 Å². The molecule has 1 amide bonds. The number of nitrogens with zero attached hydrogens (tertiary/aromatic N) is 1. The maximum Gasteiger partial charge on any atom is 0.267 e. The lowest BCUT2D eigenvalue weighted by Crippen LogP contribution is -2.14. The van der Waals surface area contributed by atoms with Crippen molar-refractivity contribution in [2.45, 2.75) is 13.3 Å². The Bertz CT molecular complexity index is 654. The fourth-order valence-corrected chi connectivity index (χ4v) is 1.88. The molecule has 0 saturated heterocycles. The molecule has 1 aromatic carbocycles. The highest BCUT2D eigenvalue weighted by Gasteiger charge is 2.00. The predicted molar refractivity (Wildman–Crippen MR) is 81.5 cm³/mol. The zero-order valence-electron chi connectivity index (χ0n) is 11.7. The van der Waals surface area contributed by atoms with Crippen molar-refractivity contribution in [1.82, 2.24) is 15.4 Å². The summed E-state index contributed by atoms with van der Waals surface area (Å²) >= 11 is 0. The second-order valence-corrected chi connectivity index (χ2v) is 4.51. The number of H-pyrrole nitrogens is 1. The first kappa shape index (κ1) is 14.7. The third kappa shape index (κ3) is 4.43. The Kier molecular flexibility index (Phi) is 5.06. The quantitative estimate of drug-likeness (QED) is 0.448. The molecule has 0 spiro atoms. The molecule has 1 heterocycles. The number of amides is 1. The van der Waals surface area contributed by atoms with Crippen molar-refractivity contribution >= 4 is 18.1 Å². The van der Waals surface area contributed by atoms with Gasteiger partial charge >= 0.3 is 0 Å². The van der Waals surface area contributed by atoms with Gasteiger partial charge in [-0.1, -0.05) is 30.3 Å². The number of rotatable bonds is 5. The number of aromatic nitrogens is 2. The molecule has 0 radical (unpaired) electrons. The number of aromatic amines is 1. The number of hydroxylamine groups is 1. The summed E-state index contributed by atoms with van der Waals surface area (Å²) in [7, 11) is 0. The largest absolute Gasteiger partial charge is 0.342 e. The van der Waals surface area contributed by atoms with E-state index in [1.54, 1.807) is 17.8 Å². The molecular formula is C16H17N3O2. The van der Waals surface area contributed by atoms with Gasteiger partial charge in [-0.05, 0) is 30.2 Å². The summed E-state index contributed by atoms with van der Waals surface area (Å²) in [5, 5.41) is 8.40. The van der Waals surface area contributed by atoms with E-state index in [1.165, 1.54) is 6.08 Å². The smallest absolute Gasteiger partial charge is 0.267 e. The van der Waals surface area contributed by atoms with Gasteiger partial charge in [0.1, 0.15) is 5.82 Å². The van der Waals surface area contributed by atoms with Crippen molar-refractivity contribution < 1.29 is 10.0 Å². The molecule has 2 rings (SSSR count). The number of allylic oxidation sites excluding steroid dienone is 1. The van der Waals surface area contributed by atoms with Crippen LogP contribution in [0.15, 0.2) is 42.6 Å². The number of imidazole rings is 1. The number of carbonyl (C=O) groups is 1. The van der Waals surface area contributed by atoms with E-state index in [9.17, 15) is 4.79 Å². The van der Waals surface area contributed by atoms with Crippen LogP contribution < -0.4 is 5.48 Å². The molecule has 0 aliphatic rings. The zero-order valence-corrected chi connectivity index (χ0v) is 11.7. The Hall–Kier alpha value is -2.66. The van der Waals surface area contributed by atoms with E-state index in [1.807, 2.05) is 43.3 Å². The van der Waals surface area contributed by atoms with E-state index < -0.39 is 5.91 Å². The molecular weight excluding hydrogens is 266 g/mol. The molecule has 0 saturated carbocycles. The van der Waals surface area contributed by atoms with Crippen LogP contribution in [0.25, 0.3) is 12.2 Å². The number of hydrogen-bond donors (Lipinski definition) is 3. The molecule has 0 atom stereocenters. The monoisotopic (exact) mass is 283 g/mol. The summed E-state index contributed by atoms with van der Waals surface area (Å²) in [5.74, 6) is 0.359. The first-order valence-electron chi connectivity index (χ1n) is 6.59. The van der Waals surface area contributed by atoms with Gasteiger partial charge in [-0.2, -0.15) is 0 Å². The Morgan fingerprint density at radius 2 is 2.10 bits per heavy atom. The van der Waals surface area contributed by atoms with Gasteiger partial charge in [-0.25, -0.2) is 10.5 Å². The van der Waals surface area contributed by atoms with Crippen molar-refractivity contribution in [1.29, 1.82) is 0 Å². The zero-order chi connectivity index (χ0) is 15.1. The molecule has 0 fully saturated rings. The average Bonchev–Trinajstić information content (AvgIpc) is 2.94. The first-order valence-corrected chi connectivity index (χ1v) is 6.59. The van der Waals surface area contributed by atoms with Crippen molar-refractivity contribution in [3.05, 3.63) is 65.3 Å². The van der Waals surface area contributed by atoms with Crippen LogP contribution in [0.1, 0.15) is 29.6 Å². The van der Waals surface area contributed by atoms with Crippen molar-refractivity contribution in [3.63, 3.8) is 0 Å². The van der Waals surface area contributed by atoms with Crippen LogP contribution in [0.3, 0.4) is 0 Å². The number of hydrogen-bond acceptors (Lipinski definition) is 3. The molecule has 2 aromatic rings. The summed E-state index contributed by atoms with van der Waals surface area (Å²) in [5.41, 5.74) is 4.55. The lowest BCUT2D eigenvalue weighted by atomic mass is 10.1. The van der Waals surface area contributed by atoms with Crippen molar-refractivity contribution in [2.24, 2.45) is 0 Å². The molecule has 3 N–H and O–H groups in total. The molecule has 1 aromatic heterocycles. The molecule has 0 aliphatic carbocycles. The lowest BCUT2D eigenvalue weighted by Gasteiger charge is -2.00. The number of carbonyl (C=O) groups excluding carboxylic acids is 1. The topological polar surface area (TPSA) is 78.0 Å². The van der Waals surface area contributed by atoms with E-state index >= 15 is 0 Å². The van der Waals surface area contributed by atoms with E-state index in [0.717, 1.165) is 29.1 Å². The molecule has 108 valence electrons. The highest BCUT2D eigenvalue weighted by molar-refractivity contribution is 5.90. The van der Waals surface area contributed by atoms with Crippen molar-refractivity contribution in [3.8, 4) is 0 Å². The normalized spacial score (nSPS) is 11.3. The Balaban J connectivity index is 2.01. The summed E-state index contributed by atoms with van der Waals surface area (Å²) in [6, 6.07) is 7.78. The maximum atomic E-state index is 10.9. The number of benzene rings is 1. The maximum absolute atomic E-state index is 10.9. The summed E-state index contributed by atoms with van der Waals surface area (Å²) < 4.78 is 0. The lowest BCUT2D eigenvalue weighted by molar-refractivity contribution is -0.124. The van der Waals surface area contributed by atoms with Crippen LogP contribution in [0.2, 0.25) is 0 Å². The van der Waals surface area contributed by atoms with Gasteiger partial charge in [-0.15, -0.1) is 0 Å². The van der Waals surface area contributed by atoms with E-state index in [0.29, 0.717) is 0 Å². The molecule has 0 bridgehead atoms. The van der Waals surface area contributed by atoms with Gasteiger partial charge in [0.25, 0.3) is 5.91 Å². The van der Waals surface area contributed by atoms with Crippen molar-refractivity contribution in [2.75, 3.05) is 0 Å². The minimum atomic E-state index is -0.550. The molecule has 0 aliphatic heterocycles. The van der Waals surface area contributed by atoms with E-state index in [2.05, 4.69) is 9.97 Å². The highest BCUT2D eigenvalue weighted by atomic mass is 16.5. The fourth-order valence-electron chi connectivity index (χ4n) is 1.88. The summed E-state index contributed by atoms with van der Waals surface area (Å²) in [6.45, 7) is 1.96.